The third-order valence-corrected chi connectivity index (χ3v) is 2.13. The number of nitrogens with one attached hydrogen (secondary N) is 1. The van der Waals surface area contributed by atoms with Gasteiger partial charge in [-0.2, -0.15) is 0 Å². The van der Waals surface area contributed by atoms with Gasteiger partial charge in [0.05, 0.1) is 16.9 Å². The van der Waals surface area contributed by atoms with Gasteiger partial charge in [0.2, 0.25) is 0 Å². The smallest absolute Gasteiger partial charge is 0.0716 e. The Kier molecular flexibility index (Phi) is 4.03. The van der Waals surface area contributed by atoms with Gasteiger partial charge in [0, 0.05) is 12.7 Å². The zero-order valence-electron chi connectivity index (χ0n) is 8.05. The molecule has 2 nitrogen and oxygen atoms in total. The predicted octanol–water partition coefficient (Wildman–Crippen LogP) is 3.19. The summed E-state index contributed by atoms with van der Waals surface area (Å²) in [4.78, 5) is 4.00. The molecule has 0 atom stereocenters. The molecule has 1 rings (SSSR count). The molecule has 0 fully saturated rings. The van der Waals surface area contributed by atoms with Crippen molar-refractivity contribution in [2.75, 3.05) is 11.9 Å². The monoisotopic (exact) mass is 198 g/mol. The second-order valence-electron chi connectivity index (χ2n) is 3.46. The number of rotatable bonds is 4. The van der Waals surface area contributed by atoms with Crippen LogP contribution in [-0.4, -0.2) is 11.5 Å². The molecule has 13 heavy (non-hydrogen) atoms. The van der Waals surface area contributed by atoms with Crippen molar-refractivity contribution in [3.8, 4) is 0 Å². The van der Waals surface area contributed by atoms with Gasteiger partial charge in [-0.1, -0.05) is 25.4 Å². The van der Waals surface area contributed by atoms with Crippen LogP contribution in [0.15, 0.2) is 18.5 Å². The Morgan fingerprint density at radius 2 is 2.31 bits per heavy atom. The van der Waals surface area contributed by atoms with Crippen molar-refractivity contribution in [3.63, 3.8) is 0 Å². The lowest BCUT2D eigenvalue weighted by atomic mass is 10.1. The third kappa shape index (κ3) is 3.64. The minimum atomic E-state index is 0.711. The van der Waals surface area contributed by atoms with Crippen molar-refractivity contribution in [1.82, 2.24) is 4.98 Å². The highest BCUT2D eigenvalue weighted by atomic mass is 35.5. The number of hydrogen-bond donors (Lipinski definition) is 1. The third-order valence-electron chi connectivity index (χ3n) is 1.81. The fourth-order valence-electron chi connectivity index (χ4n) is 1.00. The molecule has 0 amide bonds. The molecule has 0 aliphatic rings. The van der Waals surface area contributed by atoms with Crippen LogP contribution in [0.1, 0.15) is 20.3 Å². The van der Waals surface area contributed by atoms with Gasteiger partial charge in [-0.3, -0.25) is 4.98 Å². The molecule has 1 aromatic heterocycles. The molecular weight excluding hydrogens is 184 g/mol. The van der Waals surface area contributed by atoms with E-state index in [2.05, 4.69) is 24.1 Å². The Morgan fingerprint density at radius 3 is 2.92 bits per heavy atom. The van der Waals surface area contributed by atoms with Crippen LogP contribution in [0, 0.1) is 5.92 Å². The summed E-state index contributed by atoms with van der Waals surface area (Å²) in [5, 5.41) is 3.98. The SMILES string of the molecule is CC(C)CCNc1cnccc1Cl. The second kappa shape index (κ2) is 5.07. The summed E-state index contributed by atoms with van der Waals surface area (Å²) in [6.07, 6.45) is 4.59. The van der Waals surface area contributed by atoms with E-state index in [9.17, 15) is 0 Å². The van der Waals surface area contributed by atoms with Crippen molar-refractivity contribution >= 4 is 17.3 Å². The highest BCUT2D eigenvalue weighted by molar-refractivity contribution is 6.33. The molecule has 72 valence electrons. The summed E-state index contributed by atoms with van der Waals surface area (Å²) in [5.74, 6) is 0.711. The van der Waals surface area contributed by atoms with Crippen molar-refractivity contribution < 1.29 is 0 Å². The number of nitrogens with zero attached hydrogens (tertiary/aromatic N) is 1. The van der Waals surface area contributed by atoms with Crippen molar-refractivity contribution in [1.29, 1.82) is 0 Å². The maximum absolute atomic E-state index is 5.94. The predicted molar refractivity (Wildman–Crippen MR) is 57.2 cm³/mol. The maximum atomic E-state index is 5.94. The lowest BCUT2D eigenvalue weighted by Gasteiger charge is -2.08. The van der Waals surface area contributed by atoms with Crippen molar-refractivity contribution in [3.05, 3.63) is 23.5 Å². The first-order chi connectivity index (χ1) is 6.20. The zero-order valence-corrected chi connectivity index (χ0v) is 8.80. The van der Waals surface area contributed by atoms with Crippen LogP contribution in [-0.2, 0) is 0 Å². The summed E-state index contributed by atoms with van der Waals surface area (Å²) in [7, 11) is 0. The first-order valence-corrected chi connectivity index (χ1v) is 4.91. The van der Waals surface area contributed by atoms with Crippen LogP contribution < -0.4 is 5.32 Å². The number of anilines is 1. The Morgan fingerprint density at radius 1 is 1.54 bits per heavy atom. The van der Waals surface area contributed by atoms with E-state index < -0.39 is 0 Å². The summed E-state index contributed by atoms with van der Waals surface area (Å²) in [6.45, 7) is 5.35. The van der Waals surface area contributed by atoms with Gasteiger partial charge in [0.25, 0.3) is 0 Å². The normalized spacial score (nSPS) is 10.5. The number of hydrogen-bond acceptors (Lipinski definition) is 2. The Balaban J connectivity index is 2.41. The lowest BCUT2D eigenvalue weighted by Crippen LogP contribution is -2.05. The van der Waals surface area contributed by atoms with E-state index in [4.69, 9.17) is 11.6 Å². The molecule has 0 saturated carbocycles. The Hall–Kier alpha value is -0.760. The molecule has 3 heteroatoms. The molecule has 1 N–H and O–H groups in total. The average Bonchev–Trinajstić information content (AvgIpc) is 2.08. The zero-order chi connectivity index (χ0) is 9.68. The van der Waals surface area contributed by atoms with Crippen LogP contribution in [0.25, 0.3) is 0 Å². The second-order valence-corrected chi connectivity index (χ2v) is 3.87. The Labute approximate surface area is 84.3 Å². The molecular formula is C10H15ClN2. The quantitative estimate of drug-likeness (QED) is 0.804. The van der Waals surface area contributed by atoms with Gasteiger partial charge in [0.15, 0.2) is 0 Å². The molecule has 1 aromatic rings. The average molecular weight is 199 g/mol. The fraction of sp³-hybridized carbons (Fsp3) is 0.500. The molecule has 0 spiro atoms. The minimum absolute atomic E-state index is 0.711. The molecule has 0 aliphatic heterocycles. The fourth-order valence-corrected chi connectivity index (χ4v) is 1.18. The van der Waals surface area contributed by atoms with Gasteiger partial charge in [-0.05, 0) is 18.4 Å². The van der Waals surface area contributed by atoms with Gasteiger partial charge in [-0.25, -0.2) is 0 Å². The van der Waals surface area contributed by atoms with Crippen LogP contribution in [0.5, 0.6) is 0 Å². The number of halogens is 1. The minimum Gasteiger partial charge on any atom is -0.383 e. The molecule has 0 aromatic carbocycles. The molecule has 0 radical (unpaired) electrons. The summed E-state index contributed by atoms with van der Waals surface area (Å²) < 4.78 is 0. The van der Waals surface area contributed by atoms with Crippen LogP contribution >= 0.6 is 11.6 Å². The molecule has 0 aliphatic carbocycles. The van der Waals surface area contributed by atoms with Gasteiger partial charge in [-0.15, -0.1) is 0 Å². The first kappa shape index (κ1) is 10.3. The van der Waals surface area contributed by atoms with Gasteiger partial charge >= 0.3 is 0 Å². The summed E-state index contributed by atoms with van der Waals surface area (Å²) in [5.41, 5.74) is 0.921. The Bertz CT molecular complexity index is 261. The van der Waals surface area contributed by atoms with E-state index in [0.29, 0.717) is 5.92 Å². The lowest BCUT2D eigenvalue weighted by molar-refractivity contribution is 0.607. The largest absolute Gasteiger partial charge is 0.383 e. The van der Waals surface area contributed by atoms with E-state index in [1.54, 1.807) is 18.5 Å². The maximum Gasteiger partial charge on any atom is 0.0716 e. The highest BCUT2D eigenvalue weighted by Crippen LogP contribution is 2.19. The van der Waals surface area contributed by atoms with Crippen LogP contribution in [0.3, 0.4) is 0 Å². The summed E-state index contributed by atoms with van der Waals surface area (Å²) >= 11 is 5.94. The highest BCUT2D eigenvalue weighted by Gasteiger charge is 1.98. The van der Waals surface area contributed by atoms with Crippen molar-refractivity contribution in [2.45, 2.75) is 20.3 Å². The van der Waals surface area contributed by atoms with E-state index >= 15 is 0 Å². The number of pyridine rings is 1. The van der Waals surface area contributed by atoms with Crippen LogP contribution in [0.2, 0.25) is 5.02 Å². The van der Waals surface area contributed by atoms with E-state index in [1.165, 1.54) is 0 Å². The van der Waals surface area contributed by atoms with Crippen LogP contribution in [0.4, 0.5) is 5.69 Å². The molecule has 0 saturated heterocycles. The van der Waals surface area contributed by atoms with E-state index in [-0.39, 0.29) is 0 Å². The number of aromatic nitrogens is 1. The molecule has 0 bridgehead atoms. The van der Waals surface area contributed by atoms with E-state index in [1.807, 2.05) is 0 Å². The molecule has 0 unspecified atom stereocenters. The standard InChI is InChI=1S/C10H15ClN2/c1-8(2)3-6-13-10-7-12-5-4-9(10)11/h4-5,7-8,13H,3,6H2,1-2H3. The van der Waals surface area contributed by atoms with Crippen molar-refractivity contribution in [2.24, 2.45) is 5.92 Å². The topological polar surface area (TPSA) is 24.9 Å². The van der Waals surface area contributed by atoms with Gasteiger partial charge < -0.3 is 5.32 Å². The molecule has 1 heterocycles. The van der Waals surface area contributed by atoms with Gasteiger partial charge in [0.1, 0.15) is 0 Å². The first-order valence-electron chi connectivity index (χ1n) is 4.53. The summed E-state index contributed by atoms with van der Waals surface area (Å²) in [6, 6.07) is 1.79. The van der Waals surface area contributed by atoms with E-state index in [0.717, 1.165) is 23.7 Å².